The van der Waals surface area contributed by atoms with Crippen LogP contribution < -0.4 is 10.6 Å². The van der Waals surface area contributed by atoms with Crippen molar-refractivity contribution in [1.82, 2.24) is 24.8 Å². The van der Waals surface area contributed by atoms with Gasteiger partial charge in [-0.2, -0.15) is 0 Å². The summed E-state index contributed by atoms with van der Waals surface area (Å²) in [4.78, 5) is 76.0. The predicted octanol–water partition coefficient (Wildman–Crippen LogP) is 2.62. The third-order valence-electron chi connectivity index (χ3n) is 8.03. The zero-order valence-corrected chi connectivity index (χ0v) is 26.9. The van der Waals surface area contributed by atoms with Crippen molar-refractivity contribution in [3.8, 4) is 11.8 Å². The summed E-state index contributed by atoms with van der Waals surface area (Å²) in [7, 11) is 1.42. The average Bonchev–Trinajstić information content (AvgIpc) is 3.26. The van der Waals surface area contributed by atoms with Crippen LogP contribution in [-0.2, 0) is 33.4 Å². The van der Waals surface area contributed by atoms with E-state index in [1.165, 1.54) is 24.7 Å². The minimum Gasteiger partial charge on any atom is -0.481 e. The van der Waals surface area contributed by atoms with E-state index in [-0.39, 0.29) is 12.2 Å². The molecule has 2 aliphatic rings. The molecule has 248 valence electrons. The Labute approximate surface area is 277 Å². The number of aliphatic carboxylic acids is 2. The third-order valence-corrected chi connectivity index (χ3v) is 9.18. The Balaban J connectivity index is 1.60. The van der Waals surface area contributed by atoms with Crippen LogP contribution in [0.2, 0.25) is 4.34 Å². The van der Waals surface area contributed by atoms with Crippen molar-refractivity contribution in [3.05, 3.63) is 33.5 Å². The number of aromatic nitrogens is 4. The first-order chi connectivity index (χ1) is 22.5. The molecule has 0 spiro atoms. The van der Waals surface area contributed by atoms with E-state index in [2.05, 4.69) is 37.4 Å². The topological polar surface area (TPSA) is 212 Å². The molecular weight excluding hydrogens is 656 g/mol. The van der Waals surface area contributed by atoms with E-state index in [0.717, 1.165) is 6.42 Å². The van der Waals surface area contributed by atoms with Crippen molar-refractivity contribution in [3.63, 3.8) is 0 Å². The molecule has 2 fully saturated rings. The molecule has 3 aromatic rings. The smallest absolute Gasteiger partial charge is 0.306 e. The Morgan fingerprint density at radius 1 is 1.06 bits per heavy atom. The number of esters is 2. The molecule has 0 radical (unpaired) electrons. The van der Waals surface area contributed by atoms with Gasteiger partial charge >= 0.3 is 23.9 Å². The lowest BCUT2D eigenvalue weighted by Gasteiger charge is -2.31. The molecule has 0 saturated heterocycles. The maximum Gasteiger partial charge on any atom is 0.306 e. The lowest BCUT2D eigenvalue weighted by atomic mass is 9.97. The summed E-state index contributed by atoms with van der Waals surface area (Å²) in [5, 5.41) is 24.0. The van der Waals surface area contributed by atoms with E-state index in [9.17, 15) is 24.0 Å². The standard InChI is InChI=1S/C30H31ClN6O9S/c1-3-12-33-27-23-28(36-18(35-27)7-5-15-4-6-17(31)47-15)37(14-34-23)24-16-13-30(16,29(44)32-2)26(46-22(43)11-9-20(40)41)25(24)45-21(42)10-8-19(38)39/h4,6,14,16,24-26H,3,8-13H2,1-2H3,(H,32,44)(H,38,39)(H,40,41)(H,33,35,36). The fourth-order valence-corrected chi connectivity index (χ4v) is 6.82. The summed E-state index contributed by atoms with van der Waals surface area (Å²) in [6, 6.07) is 2.65. The van der Waals surface area contributed by atoms with Gasteiger partial charge in [0.2, 0.25) is 11.7 Å². The number of carboxylic acid groups (broad SMARTS) is 2. The van der Waals surface area contributed by atoms with Crippen molar-refractivity contribution in [2.24, 2.45) is 11.3 Å². The highest BCUT2D eigenvalue weighted by Crippen LogP contribution is 2.69. The van der Waals surface area contributed by atoms with E-state index in [1.807, 2.05) is 6.92 Å². The van der Waals surface area contributed by atoms with E-state index in [4.69, 9.17) is 31.3 Å². The van der Waals surface area contributed by atoms with Gasteiger partial charge in [0.1, 0.15) is 0 Å². The van der Waals surface area contributed by atoms with E-state index >= 15 is 0 Å². The molecule has 5 unspecified atom stereocenters. The Bertz CT molecular complexity index is 1800. The predicted molar refractivity (Wildman–Crippen MR) is 167 cm³/mol. The number of amides is 1. The number of carboxylic acids is 2. The van der Waals surface area contributed by atoms with Gasteiger partial charge in [0.25, 0.3) is 0 Å². The molecule has 3 aromatic heterocycles. The summed E-state index contributed by atoms with van der Waals surface area (Å²) in [6.45, 7) is 2.55. The van der Waals surface area contributed by atoms with Gasteiger partial charge in [0.15, 0.2) is 29.2 Å². The van der Waals surface area contributed by atoms with Crippen molar-refractivity contribution in [2.45, 2.75) is 63.7 Å². The number of carbonyl (C=O) groups excluding carboxylic acids is 3. The van der Waals surface area contributed by atoms with Gasteiger partial charge in [0.05, 0.1) is 52.7 Å². The molecule has 5 rings (SSSR count). The summed E-state index contributed by atoms with van der Waals surface area (Å²) in [5.74, 6) is 1.31. The Morgan fingerprint density at radius 2 is 1.77 bits per heavy atom. The molecule has 47 heavy (non-hydrogen) atoms. The number of fused-ring (bicyclic) bond motifs is 2. The lowest BCUT2D eigenvalue weighted by molar-refractivity contribution is -0.175. The van der Waals surface area contributed by atoms with E-state index in [0.29, 0.717) is 32.7 Å². The number of halogens is 1. The molecule has 4 N–H and O–H groups in total. The Hall–Kier alpha value is -4.75. The van der Waals surface area contributed by atoms with E-state index in [1.54, 1.807) is 16.7 Å². The highest BCUT2D eigenvalue weighted by molar-refractivity contribution is 7.16. The zero-order valence-electron chi connectivity index (χ0n) is 25.3. The monoisotopic (exact) mass is 686 g/mol. The van der Waals surface area contributed by atoms with Gasteiger partial charge in [-0.05, 0) is 36.8 Å². The van der Waals surface area contributed by atoms with Crippen molar-refractivity contribution >= 4 is 69.7 Å². The molecule has 3 heterocycles. The van der Waals surface area contributed by atoms with Crippen LogP contribution in [0.15, 0.2) is 18.5 Å². The fraction of sp³-hybridized carbons (Fsp3) is 0.467. The SMILES string of the molecule is CCCNc1nc(C#Cc2ccc(Cl)s2)nc2c1ncn2C1C(OC(=O)CCC(=O)O)C(OC(=O)CCC(=O)O)C2(C(=O)NC)CC12. The van der Waals surface area contributed by atoms with Gasteiger partial charge in [-0.15, -0.1) is 11.3 Å². The third kappa shape index (κ3) is 7.00. The van der Waals surface area contributed by atoms with Crippen LogP contribution >= 0.6 is 22.9 Å². The minimum atomic E-state index is -1.32. The number of anilines is 1. The number of ether oxygens (including phenoxy) is 2. The Kier molecular flexibility index (Phi) is 9.96. The second-order valence-electron chi connectivity index (χ2n) is 11.1. The quantitative estimate of drug-likeness (QED) is 0.151. The van der Waals surface area contributed by atoms with Crippen LogP contribution in [0.3, 0.4) is 0 Å². The number of hydrogen-bond donors (Lipinski definition) is 4. The van der Waals surface area contributed by atoms with Crippen molar-refractivity contribution in [2.75, 3.05) is 18.9 Å². The number of carbonyl (C=O) groups is 5. The van der Waals surface area contributed by atoms with Crippen LogP contribution in [0.5, 0.6) is 0 Å². The highest BCUT2D eigenvalue weighted by Gasteiger charge is 2.78. The van der Waals surface area contributed by atoms with Crippen LogP contribution in [-0.4, -0.2) is 85.3 Å². The van der Waals surface area contributed by atoms with Gasteiger partial charge in [0, 0.05) is 19.5 Å². The van der Waals surface area contributed by atoms with Gasteiger partial charge < -0.3 is 34.9 Å². The van der Waals surface area contributed by atoms with Crippen LogP contribution in [0.4, 0.5) is 5.82 Å². The highest BCUT2D eigenvalue weighted by atomic mass is 35.5. The summed E-state index contributed by atoms with van der Waals surface area (Å²) in [6.07, 6.45) is -2.05. The molecule has 0 aliphatic heterocycles. The zero-order chi connectivity index (χ0) is 33.9. The number of thiophene rings is 1. The van der Waals surface area contributed by atoms with Crippen LogP contribution in [0.1, 0.15) is 62.2 Å². The maximum absolute atomic E-state index is 13.4. The molecule has 15 nitrogen and oxygen atoms in total. The van der Waals surface area contributed by atoms with Gasteiger partial charge in [-0.25, -0.2) is 15.0 Å². The largest absolute Gasteiger partial charge is 0.481 e. The van der Waals surface area contributed by atoms with E-state index < -0.39 is 85.1 Å². The van der Waals surface area contributed by atoms with Crippen molar-refractivity contribution < 1.29 is 43.7 Å². The second-order valence-corrected chi connectivity index (χ2v) is 12.8. The lowest BCUT2D eigenvalue weighted by Crippen LogP contribution is -2.46. The second kappa shape index (κ2) is 13.9. The number of nitrogens with zero attached hydrogens (tertiary/aromatic N) is 4. The minimum absolute atomic E-state index is 0.153. The summed E-state index contributed by atoms with van der Waals surface area (Å²) in [5.41, 5.74) is -0.629. The maximum atomic E-state index is 13.4. The molecule has 1 amide bonds. The average molecular weight is 687 g/mol. The van der Waals surface area contributed by atoms with Crippen molar-refractivity contribution in [1.29, 1.82) is 0 Å². The first-order valence-corrected chi connectivity index (χ1v) is 16.0. The van der Waals surface area contributed by atoms with Crippen LogP contribution in [0.25, 0.3) is 11.2 Å². The Morgan fingerprint density at radius 3 is 2.38 bits per heavy atom. The molecule has 17 heteroatoms. The molecule has 0 bridgehead atoms. The normalized spacial score (nSPS) is 22.4. The molecule has 5 atom stereocenters. The molecular formula is C30H31ClN6O9S. The summed E-state index contributed by atoms with van der Waals surface area (Å²) >= 11 is 7.34. The number of imidazole rings is 1. The molecule has 2 saturated carbocycles. The number of rotatable bonds is 13. The van der Waals surface area contributed by atoms with Gasteiger partial charge in [-0.3, -0.25) is 24.0 Å². The molecule has 2 aliphatic carbocycles. The first kappa shape index (κ1) is 33.6. The number of hydrogen-bond acceptors (Lipinski definition) is 12. The first-order valence-electron chi connectivity index (χ1n) is 14.8. The number of nitrogens with one attached hydrogen (secondary N) is 2. The van der Waals surface area contributed by atoms with Gasteiger partial charge in [-0.1, -0.05) is 18.5 Å². The fourth-order valence-electron chi connectivity index (χ4n) is 5.92. The molecule has 0 aromatic carbocycles. The summed E-state index contributed by atoms with van der Waals surface area (Å²) < 4.78 is 13.8. The van der Waals surface area contributed by atoms with Crippen LogP contribution in [0, 0.1) is 23.2 Å².